The molecule has 0 aromatic heterocycles. The Labute approximate surface area is 188 Å². The zero-order valence-electron chi connectivity index (χ0n) is 18.3. The predicted molar refractivity (Wildman–Crippen MR) is 125 cm³/mol. The van der Waals surface area contributed by atoms with E-state index in [1.807, 2.05) is 61.5 Å². The molecule has 0 bridgehead atoms. The third-order valence-corrected chi connectivity index (χ3v) is 6.51. The van der Waals surface area contributed by atoms with Crippen molar-refractivity contribution in [2.24, 2.45) is 0 Å². The van der Waals surface area contributed by atoms with E-state index in [2.05, 4.69) is 5.32 Å². The van der Waals surface area contributed by atoms with Crippen molar-refractivity contribution in [3.63, 3.8) is 0 Å². The lowest BCUT2D eigenvalue weighted by molar-refractivity contribution is -0.122. The zero-order chi connectivity index (χ0) is 23.3. The summed E-state index contributed by atoms with van der Waals surface area (Å²) in [4.78, 5) is 13.5. The minimum atomic E-state index is -3.81. The van der Waals surface area contributed by atoms with Crippen molar-refractivity contribution in [1.29, 1.82) is 0 Å². The van der Waals surface area contributed by atoms with Crippen LogP contribution in [0, 0.1) is 12.7 Å². The highest BCUT2D eigenvalue weighted by Crippen LogP contribution is 2.27. The Morgan fingerprint density at radius 1 is 0.969 bits per heavy atom. The number of hydrogen-bond donors (Lipinski definition) is 1. The fourth-order valence-corrected chi connectivity index (χ4v) is 5.00. The number of sulfonamides is 1. The van der Waals surface area contributed by atoms with Gasteiger partial charge in [-0.3, -0.25) is 9.10 Å². The standard InChI is InChI=1S/C25H27FN2O3S/c1-4-23(28(32(3,30)31)21-16-14-20(26)15-17-21)25(29)27-24(19-11-6-5-7-12-19)22-13-9-8-10-18(22)2/h5-17,23-24H,4H2,1-3H3,(H,27,29)/t23-,24-/m0/s1. The van der Waals surface area contributed by atoms with Crippen LogP contribution in [0.5, 0.6) is 0 Å². The maximum Gasteiger partial charge on any atom is 0.244 e. The molecule has 3 aromatic carbocycles. The second kappa shape index (κ2) is 9.96. The van der Waals surface area contributed by atoms with Crippen LogP contribution in [0.4, 0.5) is 10.1 Å². The van der Waals surface area contributed by atoms with Crippen LogP contribution in [-0.2, 0) is 14.8 Å². The van der Waals surface area contributed by atoms with Gasteiger partial charge in [-0.15, -0.1) is 0 Å². The number of hydrogen-bond acceptors (Lipinski definition) is 3. The Kier molecular flexibility index (Phi) is 7.30. The molecule has 0 unspecified atom stereocenters. The normalized spacial score (nSPS) is 13.2. The molecule has 168 valence electrons. The van der Waals surface area contributed by atoms with Crippen LogP contribution in [0.2, 0.25) is 0 Å². The smallest absolute Gasteiger partial charge is 0.244 e. The van der Waals surface area contributed by atoms with Crippen LogP contribution in [0.1, 0.15) is 36.1 Å². The lowest BCUT2D eigenvalue weighted by atomic mass is 9.94. The molecule has 0 saturated heterocycles. The Morgan fingerprint density at radius 2 is 1.56 bits per heavy atom. The minimum Gasteiger partial charge on any atom is -0.343 e. The molecule has 1 N–H and O–H groups in total. The third-order valence-electron chi connectivity index (χ3n) is 5.33. The van der Waals surface area contributed by atoms with Crippen LogP contribution in [-0.4, -0.2) is 26.6 Å². The van der Waals surface area contributed by atoms with Crippen molar-refractivity contribution in [3.8, 4) is 0 Å². The Hall–Kier alpha value is -3.19. The van der Waals surface area contributed by atoms with E-state index in [1.54, 1.807) is 6.92 Å². The molecule has 1 amide bonds. The number of benzene rings is 3. The molecule has 32 heavy (non-hydrogen) atoms. The van der Waals surface area contributed by atoms with Crippen molar-refractivity contribution < 1.29 is 17.6 Å². The molecular formula is C25H27FN2O3S. The van der Waals surface area contributed by atoms with E-state index >= 15 is 0 Å². The van der Waals surface area contributed by atoms with Crippen molar-refractivity contribution in [2.45, 2.75) is 32.4 Å². The molecule has 0 heterocycles. The Balaban J connectivity index is 2.01. The van der Waals surface area contributed by atoms with Gasteiger partial charge in [-0.25, -0.2) is 12.8 Å². The van der Waals surface area contributed by atoms with Crippen molar-refractivity contribution in [3.05, 3.63) is 101 Å². The molecule has 0 aliphatic carbocycles. The van der Waals surface area contributed by atoms with Crippen LogP contribution < -0.4 is 9.62 Å². The molecular weight excluding hydrogens is 427 g/mol. The molecule has 5 nitrogen and oxygen atoms in total. The zero-order valence-corrected chi connectivity index (χ0v) is 19.1. The maximum atomic E-state index is 13.5. The highest BCUT2D eigenvalue weighted by molar-refractivity contribution is 7.92. The Morgan fingerprint density at radius 3 is 2.12 bits per heavy atom. The SMILES string of the molecule is CC[C@@H](C(=O)N[C@@H](c1ccccc1)c1ccccc1C)N(c1ccc(F)cc1)S(C)(=O)=O. The maximum absolute atomic E-state index is 13.5. The van der Waals surface area contributed by atoms with Crippen molar-refractivity contribution >= 4 is 21.6 Å². The molecule has 0 aliphatic rings. The highest BCUT2D eigenvalue weighted by Gasteiger charge is 2.33. The lowest BCUT2D eigenvalue weighted by Gasteiger charge is -2.32. The lowest BCUT2D eigenvalue weighted by Crippen LogP contribution is -2.50. The summed E-state index contributed by atoms with van der Waals surface area (Å²) in [5.74, 6) is -0.914. The number of carbonyl (C=O) groups is 1. The van der Waals surface area contributed by atoms with Gasteiger partial charge in [0, 0.05) is 0 Å². The number of rotatable bonds is 8. The van der Waals surface area contributed by atoms with E-state index < -0.39 is 33.8 Å². The summed E-state index contributed by atoms with van der Waals surface area (Å²) < 4.78 is 39.8. The number of aryl methyl sites for hydroxylation is 1. The summed E-state index contributed by atoms with van der Waals surface area (Å²) in [6, 6.07) is 20.9. The number of carbonyl (C=O) groups excluding carboxylic acids is 1. The average Bonchev–Trinajstić information content (AvgIpc) is 2.77. The van der Waals surface area contributed by atoms with Gasteiger partial charge in [0.1, 0.15) is 11.9 Å². The van der Waals surface area contributed by atoms with E-state index in [4.69, 9.17) is 0 Å². The first-order valence-electron chi connectivity index (χ1n) is 10.4. The quantitative estimate of drug-likeness (QED) is 0.542. The predicted octanol–water partition coefficient (Wildman–Crippen LogP) is 4.58. The van der Waals surface area contributed by atoms with Gasteiger partial charge in [0.25, 0.3) is 0 Å². The average molecular weight is 455 g/mol. The van der Waals surface area contributed by atoms with Gasteiger partial charge in [0.05, 0.1) is 18.0 Å². The van der Waals surface area contributed by atoms with Gasteiger partial charge in [0.2, 0.25) is 15.9 Å². The summed E-state index contributed by atoms with van der Waals surface area (Å²) in [6.07, 6.45) is 1.29. The van der Waals surface area contributed by atoms with Gasteiger partial charge in [-0.05, 0) is 54.3 Å². The second-order valence-electron chi connectivity index (χ2n) is 7.67. The molecule has 0 radical (unpaired) electrons. The second-order valence-corrected chi connectivity index (χ2v) is 9.53. The Bertz CT molecular complexity index is 1170. The molecule has 0 saturated carbocycles. The number of nitrogens with one attached hydrogen (secondary N) is 1. The fraction of sp³-hybridized carbons (Fsp3) is 0.240. The van der Waals surface area contributed by atoms with E-state index in [9.17, 15) is 17.6 Å². The fourth-order valence-electron chi connectivity index (χ4n) is 3.78. The number of halogens is 1. The molecule has 0 fully saturated rings. The first-order chi connectivity index (χ1) is 15.2. The van der Waals surface area contributed by atoms with Gasteiger partial charge in [-0.1, -0.05) is 61.5 Å². The summed E-state index contributed by atoms with van der Waals surface area (Å²) in [6.45, 7) is 3.72. The van der Waals surface area contributed by atoms with Gasteiger partial charge in [0.15, 0.2) is 0 Å². The number of anilines is 1. The van der Waals surface area contributed by atoms with Crippen LogP contribution in [0.15, 0.2) is 78.9 Å². The molecule has 0 spiro atoms. The van der Waals surface area contributed by atoms with Gasteiger partial charge >= 0.3 is 0 Å². The molecule has 3 aromatic rings. The highest BCUT2D eigenvalue weighted by atomic mass is 32.2. The first kappa shape index (κ1) is 23.5. The van der Waals surface area contributed by atoms with E-state index in [0.717, 1.165) is 27.3 Å². The monoisotopic (exact) mass is 454 g/mol. The first-order valence-corrected chi connectivity index (χ1v) is 12.2. The van der Waals surface area contributed by atoms with Crippen molar-refractivity contribution in [1.82, 2.24) is 5.32 Å². The topological polar surface area (TPSA) is 66.5 Å². The van der Waals surface area contributed by atoms with Crippen molar-refractivity contribution in [2.75, 3.05) is 10.6 Å². The molecule has 3 rings (SSSR count). The molecule has 7 heteroatoms. The summed E-state index contributed by atoms with van der Waals surface area (Å²) in [5.41, 5.74) is 3.06. The number of amides is 1. The van der Waals surface area contributed by atoms with E-state index in [-0.39, 0.29) is 12.1 Å². The molecule has 0 aliphatic heterocycles. The summed E-state index contributed by atoms with van der Waals surface area (Å²) >= 11 is 0. The summed E-state index contributed by atoms with van der Waals surface area (Å²) in [7, 11) is -3.81. The van der Waals surface area contributed by atoms with E-state index in [1.165, 1.54) is 24.3 Å². The van der Waals surface area contributed by atoms with Crippen LogP contribution >= 0.6 is 0 Å². The third kappa shape index (κ3) is 5.34. The van der Waals surface area contributed by atoms with Gasteiger partial charge < -0.3 is 5.32 Å². The summed E-state index contributed by atoms with van der Waals surface area (Å²) in [5, 5.41) is 3.06. The van der Waals surface area contributed by atoms with E-state index in [0.29, 0.717) is 0 Å². The van der Waals surface area contributed by atoms with Crippen LogP contribution in [0.3, 0.4) is 0 Å². The van der Waals surface area contributed by atoms with Crippen LogP contribution in [0.25, 0.3) is 0 Å². The van der Waals surface area contributed by atoms with Gasteiger partial charge in [-0.2, -0.15) is 0 Å². The largest absolute Gasteiger partial charge is 0.343 e. The number of nitrogens with zero attached hydrogens (tertiary/aromatic N) is 1. The molecule has 2 atom stereocenters. The minimum absolute atomic E-state index is 0.239.